The summed E-state index contributed by atoms with van der Waals surface area (Å²) >= 11 is 2.23. The van der Waals surface area contributed by atoms with Crippen LogP contribution in [0.25, 0.3) is 0 Å². The van der Waals surface area contributed by atoms with Gasteiger partial charge in [0.1, 0.15) is 12.4 Å². The van der Waals surface area contributed by atoms with Gasteiger partial charge >= 0.3 is 0 Å². The summed E-state index contributed by atoms with van der Waals surface area (Å²) in [6.45, 7) is 1.52. The standard InChI is InChI=1S/C19H21IN2O3/c20-14-7-9-15(10-8-14)22-19(23)12-21-17-5-1-2-6-18(17)25-13-16-4-3-11-24-16/h1-2,5-10,16,21H,3-4,11-13H2,(H,22,23). The molecular weight excluding hydrogens is 431 g/mol. The fourth-order valence-corrected chi connectivity index (χ4v) is 2.97. The summed E-state index contributed by atoms with van der Waals surface area (Å²) in [7, 11) is 0. The molecule has 0 aliphatic carbocycles. The third-order valence-electron chi connectivity index (χ3n) is 3.90. The Morgan fingerprint density at radius 3 is 2.76 bits per heavy atom. The number of benzene rings is 2. The van der Waals surface area contributed by atoms with Crippen molar-refractivity contribution in [2.45, 2.75) is 18.9 Å². The largest absolute Gasteiger partial charge is 0.489 e. The summed E-state index contributed by atoms with van der Waals surface area (Å²) in [5.41, 5.74) is 1.59. The number of para-hydroxylation sites is 2. The summed E-state index contributed by atoms with van der Waals surface area (Å²) in [6, 6.07) is 15.3. The highest BCUT2D eigenvalue weighted by molar-refractivity contribution is 14.1. The number of carbonyl (C=O) groups is 1. The second-order valence-electron chi connectivity index (χ2n) is 5.85. The maximum Gasteiger partial charge on any atom is 0.243 e. The SMILES string of the molecule is O=C(CNc1ccccc1OCC1CCCO1)Nc1ccc(I)cc1. The van der Waals surface area contributed by atoms with Crippen molar-refractivity contribution in [3.8, 4) is 5.75 Å². The summed E-state index contributed by atoms with van der Waals surface area (Å²) in [6.07, 6.45) is 2.29. The molecule has 0 saturated carbocycles. The molecule has 5 nitrogen and oxygen atoms in total. The molecule has 25 heavy (non-hydrogen) atoms. The number of rotatable bonds is 7. The predicted molar refractivity (Wildman–Crippen MR) is 107 cm³/mol. The Morgan fingerprint density at radius 1 is 1.20 bits per heavy atom. The van der Waals surface area contributed by atoms with Crippen molar-refractivity contribution in [2.75, 3.05) is 30.4 Å². The van der Waals surface area contributed by atoms with E-state index < -0.39 is 0 Å². The summed E-state index contributed by atoms with van der Waals surface area (Å²) in [4.78, 5) is 12.1. The number of nitrogens with one attached hydrogen (secondary N) is 2. The van der Waals surface area contributed by atoms with Crippen molar-refractivity contribution in [1.29, 1.82) is 0 Å². The third-order valence-corrected chi connectivity index (χ3v) is 4.62. The van der Waals surface area contributed by atoms with Gasteiger partial charge in [0.15, 0.2) is 0 Å². The van der Waals surface area contributed by atoms with Crippen LogP contribution < -0.4 is 15.4 Å². The van der Waals surface area contributed by atoms with E-state index in [2.05, 4.69) is 33.2 Å². The van der Waals surface area contributed by atoms with E-state index in [4.69, 9.17) is 9.47 Å². The maximum atomic E-state index is 12.1. The fraction of sp³-hybridized carbons (Fsp3) is 0.316. The van der Waals surface area contributed by atoms with E-state index in [1.54, 1.807) is 0 Å². The topological polar surface area (TPSA) is 59.6 Å². The zero-order valence-corrected chi connectivity index (χ0v) is 16.0. The van der Waals surface area contributed by atoms with Crippen molar-refractivity contribution < 1.29 is 14.3 Å². The second-order valence-corrected chi connectivity index (χ2v) is 7.10. The molecule has 0 radical (unpaired) electrons. The summed E-state index contributed by atoms with van der Waals surface area (Å²) in [5, 5.41) is 6.01. The van der Waals surface area contributed by atoms with Gasteiger partial charge in [0.25, 0.3) is 0 Å². The van der Waals surface area contributed by atoms with Gasteiger partial charge in [-0.25, -0.2) is 0 Å². The molecule has 6 heteroatoms. The van der Waals surface area contributed by atoms with Crippen LogP contribution in [0.5, 0.6) is 5.75 Å². The normalized spacial score (nSPS) is 16.4. The molecule has 1 aliphatic heterocycles. The van der Waals surface area contributed by atoms with Gasteiger partial charge in [0.05, 0.1) is 18.3 Å². The molecule has 1 amide bonds. The van der Waals surface area contributed by atoms with E-state index in [1.807, 2.05) is 48.5 Å². The Kier molecular flexibility index (Phi) is 6.52. The Bertz CT molecular complexity index is 700. The minimum absolute atomic E-state index is 0.102. The number of hydrogen-bond acceptors (Lipinski definition) is 4. The van der Waals surface area contributed by atoms with Gasteiger partial charge in [0, 0.05) is 15.9 Å². The molecule has 0 spiro atoms. The Hall–Kier alpha value is -1.80. The monoisotopic (exact) mass is 452 g/mol. The van der Waals surface area contributed by atoms with Crippen LogP contribution in [0.4, 0.5) is 11.4 Å². The summed E-state index contributed by atoms with van der Waals surface area (Å²) < 4.78 is 12.6. The van der Waals surface area contributed by atoms with Gasteiger partial charge in [-0.1, -0.05) is 12.1 Å². The first-order chi connectivity index (χ1) is 12.2. The van der Waals surface area contributed by atoms with Crippen LogP contribution in [-0.2, 0) is 9.53 Å². The molecule has 0 bridgehead atoms. The lowest BCUT2D eigenvalue weighted by Gasteiger charge is -2.15. The smallest absolute Gasteiger partial charge is 0.243 e. The molecule has 132 valence electrons. The number of anilines is 2. The van der Waals surface area contributed by atoms with Gasteiger partial charge < -0.3 is 20.1 Å². The number of ether oxygens (including phenoxy) is 2. The van der Waals surface area contributed by atoms with E-state index in [9.17, 15) is 4.79 Å². The molecule has 1 aliphatic rings. The van der Waals surface area contributed by atoms with Gasteiger partial charge in [0.2, 0.25) is 5.91 Å². The van der Waals surface area contributed by atoms with Crippen LogP contribution in [0, 0.1) is 3.57 Å². The molecule has 2 N–H and O–H groups in total. The van der Waals surface area contributed by atoms with Crippen LogP contribution in [0.2, 0.25) is 0 Å². The van der Waals surface area contributed by atoms with Crippen molar-refractivity contribution in [1.82, 2.24) is 0 Å². The van der Waals surface area contributed by atoms with E-state index >= 15 is 0 Å². The number of halogens is 1. The average molecular weight is 452 g/mol. The highest BCUT2D eigenvalue weighted by Gasteiger charge is 2.16. The molecule has 1 unspecified atom stereocenters. The van der Waals surface area contributed by atoms with Crippen LogP contribution in [0.15, 0.2) is 48.5 Å². The Labute approximate surface area is 161 Å². The molecule has 1 heterocycles. The summed E-state index contributed by atoms with van der Waals surface area (Å²) in [5.74, 6) is 0.634. The minimum Gasteiger partial charge on any atom is -0.489 e. The maximum absolute atomic E-state index is 12.1. The molecule has 2 aromatic carbocycles. The molecule has 0 aromatic heterocycles. The zero-order valence-electron chi connectivity index (χ0n) is 13.8. The van der Waals surface area contributed by atoms with Crippen molar-refractivity contribution in [2.24, 2.45) is 0 Å². The second kappa shape index (κ2) is 9.05. The van der Waals surface area contributed by atoms with Crippen molar-refractivity contribution >= 4 is 39.9 Å². The van der Waals surface area contributed by atoms with Gasteiger partial charge in [-0.05, 0) is 71.8 Å². The fourth-order valence-electron chi connectivity index (χ4n) is 2.61. The van der Waals surface area contributed by atoms with Crippen LogP contribution in [0.3, 0.4) is 0 Å². The highest BCUT2D eigenvalue weighted by Crippen LogP contribution is 2.25. The van der Waals surface area contributed by atoms with Gasteiger partial charge in [-0.15, -0.1) is 0 Å². The molecular formula is C19H21IN2O3. The molecule has 1 fully saturated rings. The average Bonchev–Trinajstić information content (AvgIpc) is 3.14. The van der Waals surface area contributed by atoms with E-state index in [0.29, 0.717) is 6.61 Å². The lowest BCUT2D eigenvalue weighted by atomic mass is 10.2. The quantitative estimate of drug-likeness (QED) is 0.626. The lowest BCUT2D eigenvalue weighted by molar-refractivity contribution is -0.114. The van der Waals surface area contributed by atoms with Crippen molar-refractivity contribution in [3.63, 3.8) is 0 Å². The number of hydrogen-bond donors (Lipinski definition) is 2. The van der Waals surface area contributed by atoms with Gasteiger partial charge in [-0.2, -0.15) is 0 Å². The van der Waals surface area contributed by atoms with E-state index in [0.717, 1.165) is 40.1 Å². The zero-order chi connectivity index (χ0) is 17.5. The van der Waals surface area contributed by atoms with Crippen LogP contribution >= 0.6 is 22.6 Å². The molecule has 1 atom stereocenters. The molecule has 2 aromatic rings. The first-order valence-corrected chi connectivity index (χ1v) is 9.41. The Balaban J connectivity index is 1.51. The first kappa shape index (κ1) is 18.0. The highest BCUT2D eigenvalue weighted by atomic mass is 127. The van der Waals surface area contributed by atoms with Crippen LogP contribution in [0.1, 0.15) is 12.8 Å². The minimum atomic E-state index is -0.102. The third kappa shape index (κ3) is 5.61. The Morgan fingerprint density at radius 2 is 2.00 bits per heavy atom. The van der Waals surface area contributed by atoms with Crippen LogP contribution in [-0.4, -0.2) is 31.8 Å². The van der Waals surface area contributed by atoms with Gasteiger partial charge in [-0.3, -0.25) is 4.79 Å². The first-order valence-electron chi connectivity index (χ1n) is 8.33. The predicted octanol–water partition coefficient (Wildman–Crippen LogP) is 3.90. The number of amides is 1. The van der Waals surface area contributed by atoms with E-state index in [1.165, 1.54) is 0 Å². The van der Waals surface area contributed by atoms with Crippen molar-refractivity contribution in [3.05, 3.63) is 52.1 Å². The van der Waals surface area contributed by atoms with E-state index in [-0.39, 0.29) is 18.6 Å². The molecule has 3 rings (SSSR count). The molecule has 1 saturated heterocycles. The lowest BCUT2D eigenvalue weighted by Crippen LogP contribution is -2.22. The number of carbonyl (C=O) groups excluding carboxylic acids is 1.